The molecule has 106 valence electrons. The summed E-state index contributed by atoms with van der Waals surface area (Å²) in [5.74, 6) is 0.628. The van der Waals surface area contributed by atoms with Crippen LogP contribution in [0.25, 0.3) is 0 Å². The lowest BCUT2D eigenvalue weighted by Gasteiger charge is -2.29. The van der Waals surface area contributed by atoms with Gasteiger partial charge in [-0.25, -0.2) is 4.98 Å². The summed E-state index contributed by atoms with van der Waals surface area (Å²) in [6.45, 7) is 3.04. The van der Waals surface area contributed by atoms with Gasteiger partial charge in [0.2, 0.25) is 0 Å². The van der Waals surface area contributed by atoms with E-state index in [0.717, 1.165) is 24.2 Å². The van der Waals surface area contributed by atoms with Crippen LogP contribution in [0.3, 0.4) is 0 Å². The molecule has 1 aromatic heterocycles. The second kappa shape index (κ2) is 5.80. The highest BCUT2D eigenvalue weighted by atomic mass is 16.3. The SMILES string of the molecule is CCCn1cncc1C(O)c1ccccc1C1CCC1. The summed E-state index contributed by atoms with van der Waals surface area (Å²) in [6, 6.07) is 8.32. The number of aromatic nitrogens is 2. The molecule has 0 amide bonds. The van der Waals surface area contributed by atoms with Crippen LogP contribution in [0.2, 0.25) is 0 Å². The molecule has 3 nitrogen and oxygen atoms in total. The molecule has 1 atom stereocenters. The van der Waals surface area contributed by atoms with Crippen LogP contribution < -0.4 is 0 Å². The zero-order valence-corrected chi connectivity index (χ0v) is 12.0. The molecule has 0 aliphatic heterocycles. The molecule has 0 saturated heterocycles. The van der Waals surface area contributed by atoms with Crippen molar-refractivity contribution in [3.8, 4) is 0 Å². The monoisotopic (exact) mass is 270 g/mol. The maximum atomic E-state index is 10.8. The Morgan fingerprint density at radius 3 is 2.85 bits per heavy atom. The molecular formula is C17H22N2O. The second-order valence-corrected chi connectivity index (χ2v) is 5.67. The molecule has 0 radical (unpaired) electrons. The Morgan fingerprint density at radius 2 is 2.15 bits per heavy atom. The third-order valence-corrected chi connectivity index (χ3v) is 4.32. The summed E-state index contributed by atoms with van der Waals surface area (Å²) < 4.78 is 2.06. The van der Waals surface area contributed by atoms with Crippen molar-refractivity contribution in [1.82, 2.24) is 9.55 Å². The van der Waals surface area contributed by atoms with Crippen LogP contribution in [0.5, 0.6) is 0 Å². The van der Waals surface area contributed by atoms with Crippen molar-refractivity contribution in [2.24, 2.45) is 0 Å². The molecule has 1 aliphatic rings. The van der Waals surface area contributed by atoms with Gasteiger partial charge in [-0.15, -0.1) is 0 Å². The van der Waals surface area contributed by atoms with Crippen LogP contribution in [0, 0.1) is 0 Å². The Hall–Kier alpha value is -1.61. The first-order valence-electron chi connectivity index (χ1n) is 7.58. The maximum Gasteiger partial charge on any atom is 0.121 e. The number of nitrogens with zero attached hydrogens (tertiary/aromatic N) is 2. The average Bonchev–Trinajstić information content (AvgIpc) is 2.85. The molecule has 1 aliphatic carbocycles. The predicted molar refractivity (Wildman–Crippen MR) is 79.6 cm³/mol. The molecule has 1 unspecified atom stereocenters. The molecule has 2 aromatic rings. The molecule has 3 rings (SSSR count). The van der Waals surface area contributed by atoms with E-state index in [9.17, 15) is 5.11 Å². The minimum Gasteiger partial charge on any atom is -0.382 e. The van der Waals surface area contributed by atoms with Crippen molar-refractivity contribution in [3.63, 3.8) is 0 Å². The molecule has 20 heavy (non-hydrogen) atoms. The Bertz CT molecular complexity index is 572. The molecule has 3 heteroatoms. The lowest BCUT2D eigenvalue weighted by Crippen LogP contribution is -2.15. The molecule has 1 saturated carbocycles. The van der Waals surface area contributed by atoms with Gasteiger partial charge in [0.25, 0.3) is 0 Å². The maximum absolute atomic E-state index is 10.8. The zero-order chi connectivity index (χ0) is 13.9. The quantitative estimate of drug-likeness (QED) is 0.900. The number of hydrogen-bond donors (Lipinski definition) is 1. The highest BCUT2D eigenvalue weighted by Gasteiger charge is 2.25. The first-order valence-corrected chi connectivity index (χ1v) is 7.58. The molecule has 1 N–H and O–H groups in total. The molecule has 0 bridgehead atoms. The third kappa shape index (κ3) is 2.38. The summed E-state index contributed by atoms with van der Waals surface area (Å²) in [7, 11) is 0. The smallest absolute Gasteiger partial charge is 0.121 e. The lowest BCUT2D eigenvalue weighted by atomic mass is 9.77. The highest BCUT2D eigenvalue weighted by molar-refractivity contribution is 5.36. The molecular weight excluding hydrogens is 248 g/mol. The van der Waals surface area contributed by atoms with E-state index in [2.05, 4.69) is 34.7 Å². The Morgan fingerprint density at radius 1 is 1.35 bits per heavy atom. The van der Waals surface area contributed by atoms with E-state index in [0.29, 0.717) is 5.92 Å². The number of aliphatic hydroxyl groups excluding tert-OH is 1. The van der Waals surface area contributed by atoms with Gasteiger partial charge >= 0.3 is 0 Å². The van der Waals surface area contributed by atoms with Gasteiger partial charge in [-0.2, -0.15) is 0 Å². The number of aryl methyl sites for hydroxylation is 1. The third-order valence-electron chi connectivity index (χ3n) is 4.32. The molecule has 0 spiro atoms. The fourth-order valence-electron chi connectivity index (χ4n) is 3.00. The topological polar surface area (TPSA) is 38.0 Å². The average molecular weight is 270 g/mol. The number of imidazole rings is 1. The summed E-state index contributed by atoms with van der Waals surface area (Å²) in [5.41, 5.74) is 3.27. The van der Waals surface area contributed by atoms with Gasteiger partial charge in [0.05, 0.1) is 18.2 Å². The van der Waals surface area contributed by atoms with Crippen LogP contribution >= 0.6 is 0 Å². The second-order valence-electron chi connectivity index (χ2n) is 5.67. The van der Waals surface area contributed by atoms with Gasteiger partial charge in [-0.3, -0.25) is 0 Å². The summed E-state index contributed by atoms with van der Waals surface area (Å²) in [5, 5.41) is 10.8. The molecule has 1 heterocycles. The van der Waals surface area contributed by atoms with Gasteiger partial charge < -0.3 is 9.67 Å². The van der Waals surface area contributed by atoms with Gasteiger partial charge in [0, 0.05) is 6.54 Å². The Kier molecular flexibility index (Phi) is 3.88. The van der Waals surface area contributed by atoms with Crippen LogP contribution in [0.4, 0.5) is 0 Å². The zero-order valence-electron chi connectivity index (χ0n) is 12.0. The number of aliphatic hydroxyl groups is 1. The van der Waals surface area contributed by atoms with E-state index in [1.54, 1.807) is 6.20 Å². The van der Waals surface area contributed by atoms with Crippen molar-refractivity contribution < 1.29 is 5.11 Å². The molecule has 1 fully saturated rings. The summed E-state index contributed by atoms with van der Waals surface area (Å²) in [4.78, 5) is 4.20. The van der Waals surface area contributed by atoms with Crippen molar-refractivity contribution in [1.29, 1.82) is 0 Å². The minimum absolute atomic E-state index is 0.569. The highest BCUT2D eigenvalue weighted by Crippen LogP contribution is 2.40. The molecule has 1 aromatic carbocycles. The Balaban J connectivity index is 1.93. The van der Waals surface area contributed by atoms with Gasteiger partial charge in [0.15, 0.2) is 0 Å². The first-order chi connectivity index (χ1) is 9.81. The van der Waals surface area contributed by atoms with E-state index in [1.807, 2.05) is 12.4 Å². The van der Waals surface area contributed by atoms with Crippen molar-refractivity contribution in [2.75, 3.05) is 0 Å². The van der Waals surface area contributed by atoms with Gasteiger partial charge in [-0.05, 0) is 36.3 Å². The van der Waals surface area contributed by atoms with E-state index >= 15 is 0 Å². The first kappa shape index (κ1) is 13.4. The van der Waals surface area contributed by atoms with Crippen LogP contribution in [0.1, 0.15) is 61.4 Å². The normalized spacial score (nSPS) is 16.9. The standard InChI is InChI=1S/C17H22N2O/c1-2-10-19-12-18-11-16(19)17(20)15-9-4-3-8-14(15)13-6-5-7-13/h3-4,8-9,11-13,17,20H,2,5-7,10H2,1H3. The van der Waals surface area contributed by atoms with Crippen LogP contribution in [-0.4, -0.2) is 14.7 Å². The number of hydrogen-bond acceptors (Lipinski definition) is 2. The minimum atomic E-state index is -0.569. The van der Waals surface area contributed by atoms with Crippen LogP contribution in [-0.2, 0) is 6.54 Å². The fourth-order valence-corrected chi connectivity index (χ4v) is 3.00. The number of benzene rings is 1. The fraction of sp³-hybridized carbons (Fsp3) is 0.471. The number of rotatable bonds is 5. The van der Waals surface area contributed by atoms with Crippen molar-refractivity contribution >= 4 is 0 Å². The van der Waals surface area contributed by atoms with E-state index in [4.69, 9.17) is 0 Å². The van der Waals surface area contributed by atoms with Gasteiger partial charge in [-0.1, -0.05) is 37.6 Å². The largest absolute Gasteiger partial charge is 0.382 e. The van der Waals surface area contributed by atoms with Crippen molar-refractivity contribution in [3.05, 3.63) is 53.6 Å². The Labute approximate surface area is 120 Å². The van der Waals surface area contributed by atoms with Crippen molar-refractivity contribution in [2.45, 2.75) is 51.2 Å². The predicted octanol–water partition coefficient (Wildman–Crippen LogP) is 3.64. The summed E-state index contributed by atoms with van der Waals surface area (Å²) >= 11 is 0. The lowest BCUT2D eigenvalue weighted by molar-refractivity contribution is 0.206. The van der Waals surface area contributed by atoms with E-state index in [1.165, 1.54) is 24.8 Å². The van der Waals surface area contributed by atoms with Gasteiger partial charge in [0.1, 0.15) is 6.10 Å². The van der Waals surface area contributed by atoms with E-state index < -0.39 is 6.10 Å². The summed E-state index contributed by atoms with van der Waals surface area (Å²) in [6.07, 6.45) is 7.88. The van der Waals surface area contributed by atoms with E-state index in [-0.39, 0.29) is 0 Å². The van der Waals surface area contributed by atoms with Crippen LogP contribution in [0.15, 0.2) is 36.8 Å².